The highest BCUT2D eigenvalue weighted by molar-refractivity contribution is 6.03. The van der Waals surface area contributed by atoms with Crippen molar-refractivity contribution < 1.29 is 9.59 Å². The molecule has 0 spiro atoms. The molecular weight excluding hydrogens is 314 g/mol. The maximum Gasteiger partial charge on any atom is 0.233 e. The molecule has 2 amide bonds. The zero-order valence-electron chi connectivity index (χ0n) is 14.1. The van der Waals surface area contributed by atoms with E-state index in [0.29, 0.717) is 13.0 Å². The normalized spacial score (nSPS) is 17.6. The third kappa shape index (κ3) is 2.93. The third-order valence-electron chi connectivity index (χ3n) is 4.79. The molecule has 1 atom stereocenters. The van der Waals surface area contributed by atoms with E-state index in [9.17, 15) is 9.59 Å². The number of likely N-dealkylation sites (tertiary alicyclic amines) is 1. The molecule has 2 heterocycles. The first-order valence-corrected chi connectivity index (χ1v) is 8.40. The monoisotopic (exact) mass is 333 g/mol. The molecule has 1 aromatic heterocycles. The second-order valence-electron chi connectivity index (χ2n) is 6.58. The van der Waals surface area contributed by atoms with Crippen molar-refractivity contribution in [2.24, 2.45) is 13.0 Å². The Bertz CT molecular complexity index is 955. The average Bonchev–Trinajstić information content (AvgIpc) is 3.13. The minimum atomic E-state index is -0.285. The highest BCUT2D eigenvalue weighted by Gasteiger charge is 2.38. The van der Waals surface area contributed by atoms with Crippen LogP contribution in [0.5, 0.6) is 0 Å². The molecule has 2 aromatic carbocycles. The molecule has 1 fully saturated rings. The van der Waals surface area contributed by atoms with Crippen molar-refractivity contribution >= 4 is 22.6 Å². The lowest BCUT2D eigenvalue weighted by molar-refractivity contribution is -0.140. The predicted molar refractivity (Wildman–Crippen MR) is 94.5 cm³/mol. The van der Waals surface area contributed by atoms with Crippen LogP contribution >= 0.6 is 0 Å². The first-order valence-electron chi connectivity index (χ1n) is 8.40. The van der Waals surface area contributed by atoms with E-state index in [0.717, 1.165) is 21.9 Å². The van der Waals surface area contributed by atoms with E-state index in [1.54, 1.807) is 10.9 Å². The topological polar surface area (TPSA) is 55.2 Å². The SMILES string of the molecule is Cn1cc(C[C@@H]2CC(=O)N(Cc3cccc4ccccc34)C2=O)cn1. The maximum atomic E-state index is 12.7. The minimum absolute atomic E-state index is 0.0817. The van der Waals surface area contributed by atoms with E-state index in [-0.39, 0.29) is 24.2 Å². The van der Waals surface area contributed by atoms with Gasteiger partial charge in [0.1, 0.15) is 0 Å². The molecule has 0 saturated carbocycles. The highest BCUT2D eigenvalue weighted by Crippen LogP contribution is 2.27. The lowest BCUT2D eigenvalue weighted by Gasteiger charge is -2.16. The van der Waals surface area contributed by atoms with E-state index < -0.39 is 0 Å². The Morgan fingerprint density at radius 2 is 1.92 bits per heavy atom. The van der Waals surface area contributed by atoms with Crippen LogP contribution in [0.2, 0.25) is 0 Å². The van der Waals surface area contributed by atoms with Crippen molar-refractivity contribution in [1.82, 2.24) is 14.7 Å². The van der Waals surface area contributed by atoms with Gasteiger partial charge in [0.15, 0.2) is 0 Å². The van der Waals surface area contributed by atoms with E-state index >= 15 is 0 Å². The molecule has 0 unspecified atom stereocenters. The van der Waals surface area contributed by atoms with Gasteiger partial charge in [-0.3, -0.25) is 19.2 Å². The lowest BCUT2D eigenvalue weighted by Crippen LogP contribution is -2.30. The number of aromatic nitrogens is 2. The Morgan fingerprint density at radius 3 is 2.72 bits per heavy atom. The van der Waals surface area contributed by atoms with Crippen molar-refractivity contribution in [3.8, 4) is 0 Å². The van der Waals surface area contributed by atoms with Crippen molar-refractivity contribution in [2.45, 2.75) is 19.4 Å². The minimum Gasteiger partial charge on any atom is -0.278 e. The standard InChI is InChI=1S/C20H19N3O2/c1-22-12-14(11-21-22)9-17-10-19(24)23(20(17)25)13-16-7-4-6-15-5-2-3-8-18(15)16/h2-8,11-12,17H,9-10,13H2,1H3/t17-/m1/s1. The van der Waals surface area contributed by atoms with E-state index in [2.05, 4.69) is 5.10 Å². The number of nitrogens with zero attached hydrogens (tertiary/aromatic N) is 3. The van der Waals surface area contributed by atoms with Crippen LogP contribution in [0, 0.1) is 5.92 Å². The van der Waals surface area contributed by atoms with Crippen molar-refractivity contribution in [3.63, 3.8) is 0 Å². The first kappa shape index (κ1) is 15.6. The summed E-state index contributed by atoms with van der Waals surface area (Å²) in [5.41, 5.74) is 1.99. The molecule has 0 bridgehead atoms. The fraction of sp³-hybridized carbons (Fsp3) is 0.250. The molecule has 1 aliphatic heterocycles. The number of carbonyl (C=O) groups excluding carboxylic acids is 2. The number of amides is 2. The van der Waals surface area contributed by atoms with Gasteiger partial charge < -0.3 is 0 Å². The maximum absolute atomic E-state index is 12.7. The fourth-order valence-electron chi connectivity index (χ4n) is 3.54. The van der Waals surface area contributed by atoms with Gasteiger partial charge in [0.05, 0.1) is 18.7 Å². The zero-order valence-corrected chi connectivity index (χ0v) is 14.1. The molecule has 3 aromatic rings. The smallest absolute Gasteiger partial charge is 0.233 e. The summed E-state index contributed by atoms with van der Waals surface area (Å²) in [7, 11) is 1.85. The summed E-state index contributed by atoms with van der Waals surface area (Å²) in [5, 5.41) is 6.33. The van der Waals surface area contributed by atoms with Gasteiger partial charge in [-0.15, -0.1) is 0 Å². The summed E-state index contributed by atoms with van der Waals surface area (Å²) in [6, 6.07) is 14.0. The molecule has 4 rings (SSSR count). The molecule has 0 aliphatic carbocycles. The Morgan fingerprint density at radius 1 is 1.12 bits per heavy atom. The van der Waals surface area contributed by atoms with Crippen molar-refractivity contribution in [1.29, 1.82) is 0 Å². The van der Waals surface area contributed by atoms with Gasteiger partial charge >= 0.3 is 0 Å². The van der Waals surface area contributed by atoms with Crippen LogP contribution in [0.15, 0.2) is 54.9 Å². The molecule has 5 heteroatoms. The molecule has 1 saturated heterocycles. The van der Waals surface area contributed by atoms with Crippen LogP contribution in [-0.4, -0.2) is 26.5 Å². The van der Waals surface area contributed by atoms with Crippen molar-refractivity contribution in [2.75, 3.05) is 0 Å². The molecule has 0 radical (unpaired) electrons. The number of hydrogen-bond acceptors (Lipinski definition) is 3. The Hall–Kier alpha value is -2.95. The second kappa shape index (κ2) is 6.16. The van der Waals surface area contributed by atoms with Gasteiger partial charge in [-0.1, -0.05) is 42.5 Å². The summed E-state index contributed by atoms with van der Waals surface area (Å²) in [6.07, 6.45) is 4.49. The van der Waals surface area contributed by atoms with Gasteiger partial charge in [0.2, 0.25) is 11.8 Å². The number of imide groups is 1. The van der Waals surface area contributed by atoms with Crippen LogP contribution in [0.25, 0.3) is 10.8 Å². The number of carbonyl (C=O) groups is 2. The fourth-order valence-corrected chi connectivity index (χ4v) is 3.54. The number of aryl methyl sites for hydroxylation is 1. The van der Waals surface area contributed by atoms with Gasteiger partial charge in [0, 0.05) is 19.7 Å². The van der Waals surface area contributed by atoms with Crippen LogP contribution < -0.4 is 0 Å². The zero-order chi connectivity index (χ0) is 17.4. The Kier molecular flexibility index (Phi) is 3.84. The van der Waals surface area contributed by atoms with Gasteiger partial charge in [-0.2, -0.15) is 5.10 Å². The summed E-state index contributed by atoms with van der Waals surface area (Å²) in [5.74, 6) is -0.458. The third-order valence-corrected chi connectivity index (χ3v) is 4.79. The summed E-state index contributed by atoms with van der Waals surface area (Å²) in [6.45, 7) is 0.336. The number of fused-ring (bicyclic) bond motifs is 1. The van der Waals surface area contributed by atoms with Crippen LogP contribution in [0.4, 0.5) is 0 Å². The van der Waals surface area contributed by atoms with Crippen molar-refractivity contribution in [3.05, 3.63) is 66.0 Å². The molecule has 0 N–H and O–H groups in total. The molecular formula is C20H19N3O2. The quantitative estimate of drug-likeness (QED) is 0.690. The number of hydrogen-bond donors (Lipinski definition) is 0. The van der Waals surface area contributed by atoms with Gasteiger partial charge in [-0.05, 0) is 28.3 Å². The molecule has 25 heavy (non-hydrogen) atoms. The molecule has 1 aliphatic rings. The van der Waals surface area contributed by atoms with Crippen LogP contribution in [-0.2, 0) is 29.6 Å². The van der Waals surface area contributed by atoms with Crippen LogP contribution in [0.3, 0.4) is 0 Å². The summed E-state index contributed by atoms with van der Waals surface area (Å²) in [4.78, 5) is 26.6. The Balaban J connectivity index is 1.56. The summed E-state index contributed by atoms with van der Waals surface area (Å²) < 4.78 is 1.71. The van der Waals surface area contributed by atoms with E-state index in [1.807, 2.05) is 55.7 Å². The highest BCUT2D eigenvalue weighted by atomic mass is 16.2. The number of rotatable bonds is 4. The molecule has 5 nitrogen and oxygen atoms in total. The predicted octanol–water partition coefficient (Wildman–Crippen LogP) is 2.69. The Labute approximate surface area is 145 Å². The van der Waals surface area contributed by atoms with Gasteiger partial charge in [0.25, 0.3) is 0 Å². The summed E-state index contributed by atoms with van der Waals surface area (Å²) >= 11 is 0. The van der Waals surface area contributed by atoms with E-state index in [4.69, 9.17) is 0 Å². The second-order valence-corrected chi connectivity index (χ2v) is 6.58. The van der Waals surface area contributed by atoms with Crippen LogP contribution in [0.1, 0.15) is 17.5 Å². The van der Waals surface area contributed by atoms with Gasteiger partial charge in [-0.25, -0.2) is 0 Å². The first-order chi connectivity index (χ1) is 12.1. The molecule has 126 valence electrons. The largest absolute Gasteiger partial charge is 0.278 e. The lowest BCUT2D eigenvalue weighted by atomic mass is 10.00. The van der Waals surface area contributed by atoms with E-state index in [1.165, 1.54) is 4.90 Å². The number of benzene rings is 2. The average molecular weight is 333 g/mol.